The highest BCUT2D eigenvalue weighted by Gasteiger charge is 2.05. The Labute approximate surface area is 84.8 Å². The summed E-state index contributed by atoms with van der Waals surface area (Å²) in [5.74, 6) is 1.04. The minimum atomic E-state index is 0.391. The van der Waals surface area contributed by atoms with E-state index in [-0.39, 0.29) is 0 Å². The number of methoxy groups -OCH3 is 1. The fourth-order valence-electron chi connectivity index (χ4n) is 0.927. The Bertz CT molecular complexity index is 265. The molecule has 0 aliphatic heterocycles. The van der Waals surface area contributed by atoms with E-state index in [0.29, 0.717) is 17.3 Å². The number of nitrogens with two attached hydrogens (primary N) is 1. The Hall–Kier alpha value is -0.410. The summed E-state index contributed by atoms with van der Waals surface area (Å²) in [5.41, 5.74) is 7.23. The van der Waals surface area contributed by atoms with Gasteiger partial charge in [0.2, 0.25) is 0 Å². The molecule has 0 saturated heterocycles. The first-order chi connectivity index (χ1) is 5.69. The van der Waals surface area contributed by atoms with Crippen LogP contribution in [-0.4, -0.2) is 7.11 Å². The highest BCUT2D eigenvalue weighted by Crippen LogP contribution is 2.30. The summed E-state index contributed by atoms with van der Waals surface area (Å²) in [5, 5.41) is 0. The lowest BCUT2D eigenvalue weighted by molar-refractivity contribution is 0.416. The molecule has 0 bridgehead atoms. The van der Waals surface area contributed by atoms with Gasteiger partial charge >= 0.3 is 0 Å². The van der Waals surface area contributed by atoms with E-state index in [4.69, 9.17) is 22.1 Å². The van der Waals surface area contributed by atoms with Gasteiger partial charge < -0.3 is 10.5 Å². The number of hydrogen-bond donors (Lipinski definition) is 1. The molecule has 1 aromatic rings. The van der Waals surface area contributed by atoms with E-state index in [0.717, 1.165) is 10.0 Å². The molecule has 0 atom stereocenters. The van der Waals surface area contributed by atoms with Crippen LogP contribution in [0.15, 0.2) is 16.6 Å². The van der Waals surface area contributed by atoms with Gasteiger partial charge in [-0.3, -0.25) is 0 Å². The molecule has 1 aromatic carbocycles. The van der Waals surface area contributed by atoms with Gasteiger partial charge in [-0.1, -0.05) is 15.9 Å². The van der Waals surface area contributed by atoms with Crippen LogP contribution in [0.4, 0.5) is 5.69 Å². The van der Waals surface area contributed by atoms with Crippen LogP contribution >= 0.6 is 27.5 Å². The molecule has 2 N–H and O–H groups in total. The summed E-state index contributed by atoms with van der Waals surface area (Å²) < 4.78 is 5.98. The van der Waals surface area contributed by atoms with E-state index in [9.17, 15) is 0 Å². The van der Waals surface area contributed by atoms with Gasteiger partial charge in [0.05, 0.1) is 12.8 Å². The lowest BCUT2D eigenvalue weighted by Crippen LogP contribution is -1.96. The topological polar surface area (TPSA) is 35.2 Å². The van der Waals surface area contributed by atoms with Crippen LogP contribution < -0.4 is 10.5 Å². The first-order valence-corrected chi connectivity index (χ1v) is 4.69. The Balaban J connectivity index is 3.22. The van der Waals surface area contributed by atoms with Gasteiger partial charge in [-0.2, -0.15) is 0 Å². The minimum Gasteiger partial charge on any atom is -0.495 e. The standard InChI is InChI=1S/C8H9BrClNO/c1-12-7-3-6(9)2-5(4-10)8(7)11/h2-3H,4,11H2,1H3. The van der Waals surface area contributed by atoms with Crippen molar-refractivity contribution in [3.8, 4) is 5.75 Å². The molecule has 0 saturated carbocycles. The zero-order chi connectivity index (χ0) is 9.14. The number of rotatable bonds is 2. The van der Waals surface area contributed by atoms with Gasteiger partial charge in [0.15, 0.2) is 0 Å². The molecule has 66 valence electrons. The average molecular weight is 251 g/mol. The van der Waals surface area contributed by atoms with Gasteiger partial charge in [0, 0.05) is 10.4 Å². The van der Waals surface area contributed by atoms with Crippen LogP contribution in [0.25, 0.3) is 0 Å². The SMILES string of the molecule is COc1cc(Br)cc(CCl)c1N. The second kappa shape index (κ2) is 4.01. The molecule has 0 aromatic heterocycles. The molecule has 0 unspecified atom stereocenters. The van der Waals surface area contributed by atoms with Gasteiger partial charge in [-0.05, 0) is 17.7 Å². The summed E-state index contributed by atoms with van der Waals surface area (Å²) in [6.07, 6.45) is 0. The van der Waals surface area contributed by atoms with Gasteiger partial charge in [0.1, 0.15) is 5.75 Å². The smallest absolute Gasteiger partial charge is 0.143 e. The first-order valence-electron chi connectivity index (χ1n) is 3.37. The molecular formula is C8H9BrClNO. The highest BCUT2D eigenvalue weighted by atomic mass is 79.9. The summed E-state index contributed by atoms with van der Waals surface area (Å²) in [4.78, 5) is 0. The predicted octanol–water partition coefficient (Wildman–Crippen LogP) is 2.78. The van der Waals surface area contributed by atoms with Crippen LogP contribution in [0.5, 0.6) is 5.75 Å². The first kappa shape index (κ1) is 9.68. The molecule has 0 aliphatic rings. The van der Waals surface area contributed by atoms with Crippen LogP contribution in [0.2, 0.25) is 0 Å². The predicted molar refractivity (Wildman–Crippen MR) is 54.7 cm³/mol. The zero-order valence-electron chi connectivity index (χ0n) is 6.60. The Kier molecular flexibility index (Phi) is 3.23. The number of benzene rings is 1. The molecule has 0 fully saturated rings. The lowest BCUT2D eigenvalue weighted by Gasteiger charge is -2.08. The number of anilines is 1. The van der Waals surface area contributed by atoms with Crippen molar-refractivity contribution in [2.75, 3.05) is 12.8 Å². The Morgan fingerprint density at radius 2 is 2.25 bits per heavy atom. The van der Waals surface area contributed by atoms with E-state index in [1.165, 1.54) is 0 Å². The monoisotopic (exact) mass is 249 g/mol. The highest BCUT2D eigenvalue weighted by molar-refractivity contribution is 9.10. The maximum atomic E-state index is 5.74. The van der Waals surface area contributed by atoms with Crippen molar-refractivity contribution in [3.63, 3.8) is 0 Å². The molecule has 0 spiro atoms. The van der Waals surface area contributed by atoms with Gasteiger partial charge in [0.25, 0.3) is 0 Å². The van der Waals surface area contributed by atoms with Crippen LogP contribution in [0, 0.1) is 0 Å². The normalized spacial score (nSPS) is 9.92. The van der Waals surface area contributed by atoms with Crippen molar-refractivity contribution in [2.24, 2.45) is 0 Å². The molecule has 2 nitrogen and oxygen atoms in total. The summed E-state index contributed by atoms with van der Waals surface area (Å²) in [6, 6.07) is 3.69. The van der Waals surface area contributed by atoms with E-state index in [1.807, 2.05) is 12.1 Å². The molecule has 0 heterocycles. The van der Waals surface area contributed by atoms with Crippen molar-refractivity contribution < 1.29 is 4.74 Å². The van der Waals surface area contributed by atoms with Crippen LogP contribution in [0.1, 0.15) is 5.56 Å². The van der Waals surface area contributed by atoms with Crippen LogP contribution in [0.3, 0.4) is 0 Å². The van der Waals surface area contributed by atoms with Gasteiger partial charge in [-0.25, -0.2) is 0 Å². The van der Waals surface area contributed by atoms with E-state index >= 15 is 0 Å². The second-order valence-electron chi connectivity index (χ2n) is 2.31. The molecule has 1 rings (SSSR count). The third-order valence-corrected chi connectivity index (χ3v) is 2.30. The third-order valence-electron chi connectivity index (χ3n) is 1.56. The molecule has 4 heteroatoms. The summed E-state index contributed by atoms with van der Waals surface area (Å²) in [7, 11) is 1.58. The summed E-state index contributed by atoms with van der Waals surface area (Å²) in [6.45, 7) is 0. The Morgan fingerprint density at radius 3 is 2.75 bits per heavy atom. The number of nitrogen functional groups attached to an aromatic ring is 1. The largest absolute Gasteiger partial charge is 0.495 e. The minimum absolute atomic E-state index is 0.391. The van der Waals surface area contributed by atoms with Crippen molar-refractivity contribution in [1.82, 2.24) is 0 Å². The molecule has 0 radical (unpaired) electrons. The number of alkyl halides is 1. The van der Waals surface area contributed by atoms with Gasteiger partial charge in [-0.15, -0.1) is 11.6 Å². The van der Waals surface area contributed by atoms with Crippen LogP contribution in [-0.2, 0) is 5.88 Å². The van der Waals surface area contributed by atoms with E-state index < -0.39 is 0 Å². The number of ether oxygens (including phenoxy) is 1. The summed E-state index contributed by atoms with van der Waals surface area (Å²) >= 11 is 9.01. The molecular weight excluding hydrogens is 241 g/mol. The average Bonchev–Trinajstić information content (AvgIpc) is 2.08. The third kappa shape index (κ3) is 1.84. The van der Waals surface area contributed by atoms with Crippen molar-refractivity contribution in [1.29, 1.82) is 0 Å². The zero-order valence-corrected chi connectivity index (χ0v) is 8.95. The maximum absolute atomic E-state index is 5.74. The van der Waals surface area contributed by atoms with Crippen molar-refractivity contribution in [2.45, 2.75) is 5.88 Å². The maximum Gasteiger partial charge on any atom is 0.143 e. The molecule has 0 aliphatic carbocycles. The second-order valence-corrected chi connectivity index (χ2v) is 3.50. The fourth-order valence-corrected chi connectivity index (χ4v) is 1.63. The van der Waals surface area contributed by atoms with E-state index in [1.54, 1.807) is 7.11 Å². The number of hydrogen-bond acceptors (Lipinski definition) is 2. The van der Waals surface area contributed by atoms with E-state index in [2.05, 4.69) is 15.9 Å². The quantitative estimate of drug-likeness (QED) is 0.647. The number of halogens is 2. The molecule has 12 heavy (non-hydrogen) atoms. The van der Waals surface area contributed by atoms with Crippen molar-refractivity contribution >= 4 is 33.2 Å². The molecule has 0 amide bonds. The fraction of sp³-hybridized carbons (Fsp3) is 0.250. The van der Waals surface area contributed by atoms with Crippen molar-refractivity contribution in [3.05, 3.63) is 22.2 Å². The Morgan fingerprint density at radius 1 is 1.58 bits per heavy atom. The lowest BCUT2D eigenvalue weighted by atomic mass is 10.2.